The summed E-state index contributed by atoms with van der Waals surface area (Å²) in [6, 6.07) is 0.524. The lowest BCUT2D eigenvalue weighted by molar-refractivity contribution is -0.135. The molecular weight excluding hydrogens is 266 g/mol. The molecule has 0 aromatic rings. The van der Waals surface area contributed by atoms with Gasteiger partial charge in [-0.15, -0.1) is 0 Å². The summed E-state index contributed by atoms with van der Waals surface area (Å²) in [4.78, 5) is 26.0. The molecule has 5 heteroatoms. The highest BCUT2D eigenvalue weighted by Crippen LogP contribution is 2.19. The smallest absolute Gasteiger partial charge is 0.223 e. The van der Waals surface area contributed by atoms with Crippen molar-refractivity contribution < 1.29 is 9.59 Å². The molecule has 0 spiro atoms. The van der Waals surface area contributed by atoms with Crippen molar-refractivity contribution in [2.45, 2.75) is 57.9 Å². The lowest BCUT2D eigenvalue weighted by Crippen LogP contribution is -2.43. The molecule has 2 aliphatic rings. The van der Waals surface area contributed by atoms with Gasteiger partial charge in [0.1, 0.15) is 0 Å². The molecule has 2 heterocycles. The predicted molar refractivity (Wildman–Crippen MR) is 82.9 cm³/mol. The number of hydrogen-bond acceptors (Lipinski definition) is 3. The van der Waals surface area contributed by atoms with Crippen LogP contribution < -0.4 is 10.6 Å². The van der Waals surface area contributed by atoms with E-state index in [1.807, 2.05) is 11.8 Å². The van der Waals surface area contributed by atoms with Crippen LogP contribution in [0.4, 0.5) is 0 Å². The molecule has 2 rings (SSSR count). The molecule has 0 saturated carbocycles. The van der Waals surface area contributed by atoms with Crippen molar-refractivity contribution >= 4 is 11.8 Å². The standard InChI is InChI=1S/C16H29N3O2/c1-2-17-16(21)13-8-11-19(12-9-13)15(20)7-6-14-5-3-4-10-18-14/h13-14,18H,2-12H2,1H3,(H,17,21). The molecule has 1 atom stereocenters. The predicted octanol–water partition coefficient (Wildman–Crippen LogP) is 1.28. The SMILES string of the molecule is CCNC(=O)C1CCN(C(=O)CCC2CCCCN2)CC1. The molecule has 0 radical (unpaired) electrons. The molecule has 120 valence electrons. The molecule has 21 heavy (non-hydrogen) atoms. The zero-order chi connectivity index (χ0) is 15.1. The molecule has 0 bridgehead atoms. The van der Waals surface area contributed by atoms with E-state index >= 15 is 0 Å². The Morgan fingerprint density at radius 2 is 1.95 bits per heavy atom. The van der Waals surface area contributed by atoms with Gasteiger partial charge in [0, 0.05) is 38.0 Å². The first kappa shape index (κ1) is 16.3. The molecule has 0 aromatic heterocycles. The number of carbonyl (C=O) groups is 2. The summed E-state index contributed by atoms with van der Waals surface area (Å²) < 4.78 is 0. The van der Waals surface area contributed by atoms with Crippen LogP contribution in [0.25, 0.3) is 0 Å². The molecule has 2 N–H and O–H groups in total. The highest BCUT2D eigenvalue weighted by atomic mass is 16.2. The average molecular weight is 295 g/mol. The maximum Gasteiger partial charge on any atom is 0.223 e. The maximum absolute atomic E-state index is 12.2. The number of rotatable bonds is 5. The third kappa shape index (κ3) is 4.99. The Kier molecular flexibility index (Phi) is 6.49. The Morgan fingerprint density at radius 3 is 2.57 bits per heavy atom. The van der Waals surface area contributed by atoms with Crippen molar-refractivity contribution in [3.63, 3.8) is 0 Å². The van der Waals surface area contributed by atoms with Gasteiger partial charge in [-0.1, -0.05) is 6.42 Å². The molecule has 2 fully saturated rings. The fourth-order valence-corrected chi connectivity index (χ4v) is 3.34. The minimum absolute atomic E-state index is 0.0917. The fraction of sp³-hybridized carbons (Fsp3) is 0.875. The van der Waals surface area contributed by atoms with Crippen LogP contribution in [-0.4, -0.2) is 48.9 Å². The third-order valence-electron chi connectivity index (χ3n) is 4.69. The van der Waals surface area contributed by atoms with Crippen molar-refractivity contribution in [1.82, 2.24) is 15.5 Å². The molecule has 2 aliphatic heterocycles. The van der Waals surface area contributed by atoms with E-state index in [9.17, 15) is 9.59 Å². The Bertz CT molecular complexity index is 345. The van der Waals surface area contributed by atoms with Gasteiger partial charge in [-0.2, -0.15) is 0 Å². The minimum Gasteiger partial charge on any atom is -0.356 e. The van der Waals surface area contributed by atoms with E-state index in [-0.39, 0.29) is 17.7 Å². The molecule has 0 aliphatic carbocycles. The monoisotopic (exact) mass is 295 g/mol. The lowest BCUT2D eigenvalue weighted by Gasteiger charge is -2.32. The van der Waals surface area contributed by atoms with Crippen LogP contribution in [-0.2, 0) is 9.59 Å². The lowest BCUT2D eigenvalue weighted by atomic mass is 9.95. The van der Waals surface area contributed by atoms with Gasteiger partial charge < -0.3 is 15.5 Å². The van der Waals surface area contributed by atoms with E-state index < -0.39 is 0 Å². The van der Waals surface area contributed by atoms with Gasteiger partial charge in [-0.25, -0.2) is 0 Å². The van der Waals surface area contributed by atoms with E-state index in [1.54, 1.807) is 0 Å². The summed E-state index contributed by atoms with van der Waals surface area (Å²) in [6.45, 7) is 5.19. The molecule has 2 amide bonds. The van der Waals surface area contributed by atoms with E-state index in [1.165, 1.54) is 19.3 Å². The van der Waals surface area contributed by atoms with Crippen LogP contribution in [0.15, 0.2) is 0 Å². The maximum atomic E-state index is 12.2. The number of amides is 2. The third-order valence-corrected chi connectivity index (χ3v) is 4.69. The normalized spacial score (nSPS) is 23.9. The van der Waals surface area contributed by atoms with Crippen LogP contribution in [0.2, 0.25) is 0 Å². The summed E-state index contributed by atoms with van der Waals surface area (Å²) in [5.41, 5.74) is 0. The van der Waals surface area contributed by atoms with Crippen molar-refractivity contribution in [2.75, 3.05) is 26.2 Å². The molecular formula is C16H29N3O2. The molecule has 2 saturated heterocycles. The van der Waals surface area contributed by atoms with Crippen molar-refractivity contribution in [2.24, 2.45) is 5.92 Å². The summed E-state index contributed by atoms with van der Waals surface area (Å²) in [5, 5.41) is 6.37. The second-order valence-electron chi connectivity index (χ2n) is 6.24. The van der Waals surface area contributed by atoms with E-state index in [2.05, 4.69) is 10.6 Å². The second-order valence-corrected chi connectivity index (χ2v) is 6.24. The Labute approximate surface area is 127 Å². The zero-order valence-electron chi connectivity index (χ0n) is 13.2. The number of hydrogen-bond donors (Lipinski definition) is 2. The van der Waals surface area contributed by atoms with Crippen molar-refractivity contribution in [3.8, 4) is 0 Å². The molecule has 0 aromatic carbocycles. The Morgan fingerprint density at radius 1 is 1.19 bits per heavy atom. The highest BCUT2D eigenvalue weighted by Gasteiger charge is 2.27. The Hall–Kier alpha value is -1.10. The molecule has 5 nitrogen and oxygen atoms in total. The van der Waals surface area contributed by atoms with Crippen LogP contribution >= 0.6 is 0 Å². The van der Waals surface area contributed by atoms with Gasteiger partial charge >= 0.3 is 0 Å². The fourth-order valence-electron chi connectivity index (χ4n) is 3.34. The summed E-state index contributed by atoms with van der Waals surface area (Å²) in [5.74, 6) is 0.502. The number of piperidine rings is 2. The van der Waals surface area contributed by atoms with Crippen LogP contribution in [0.1, 0.15) is 51.9 Å². The van der Waals surface area contributed by atoms with Gasteiger partial charge in [0.15, 0.2) is 0 Å². The van der Waals surface area contributed by atoms with Crippen molar-refractivity contribution in [3.05, 3.63) is 0 Å². The largest absolute Gasteiger partial charge is 0.356 e. The number of nitrogens with zero attached hydrogens (tertiary/aromatic N) is 1. The van der Waals surface area contributed by atoms with Gasteiger partial charge in [0.25, 0.3) is 0 Å². The second kappa shape index (κ2) is 8.37. The van der Waals surface area contributed by atoms with Crippen LogP contribution in [0, 0.1) is 5.92 Å². The average Bonchev–Trinajstić information content (AvgIpc) is 2.54. The first-order chi connectivity index (χ1) is 10.2. The molecule has 1 unspecified atom stereocenters. The van der Waals surface area contributed by atoms with Crippen LogP contribution in [0.5, 0.6) is 0 Å². The van der Waals surface area contributed by atoms with Gasteiger partial charge in [-0.05, 0) is 45.6 Å². The highest BCUT2D eigenvalue weighted by molar-refractivity contribution is 5.80. The quantitative estimate of drug-likeness (QED) is 0.803. The number of likely N-dealkylation sites (tertiary alicyclic amines) is 1. The number of carbonyl (C=O) groups excluding carboxylic acids is 2. The van der Waals surface area contributed by atoms with Crippen molar-refractivity contribution in [1.29, 1.82) is 0 Å². The first-order valence-corrected chi connectivity index (χ1v) is 8.49. The minimum atomic E-state index is 0.0917. The first-order valence-electron chi connectivity index (χ1n) is 8.49. The topological polar surface area (TPSA) is 61.4 Å². The van der Waals surface area contributed by atoms with Crippen LogP contribution in [0.3, 0.4) is 0 Å². The summed E-state index contributed by atoms with van der Waals surface area (Å²) in [6.07, 6.45) is 6.95. The summed E-state index contributed by atoms with van der Waals surface area (Å²) >= 11 is 0. The van der Waals surface area contributed by atoms with Gasteiger partial charge in [-0.3, -0.25) is 9.59 Å². The van der Waals surface area contributed by atoms with E-state index in [4.69, 9.17) is 0 Å². The van der Waals surface area contributed by atoms with Gasteiger partial charge in [0.2, 0.25) is 11.8 Å². The Balaban J connectivity index is 1.66. The van der Waals surface area contributed by atoms with Gasteiger partial charge in [0.05, 0.1) is 0 Å². The van der Waals surface area contributed by atoms with E-state index in [0.717, 1.165) is 38.9 Å². The number of nitrogens with one attached hydrogen (secondary N) is 2. The summed E-state index contributed by atoms with van der Waals surface area (Å²) in [7, 11) is 0. The zero-order valence-corrected chi connectivity index (χ0v) is 13.2. The van der Waals surface area contributed by atoms with E-state index in [0.29, 0.717) is 19.0 Å².